The maximum absolute atomic E-state index is 2.40. The molecule has 0 amide bonds. The van der Waals surface area contributed by atoms with E-state index in [0.29, 0.717) is 11.8 Å². The molecule has 3 atom stereocenters. The maximum atomic E-state index is 2.40. The van der Waals surface area contributed by atoms with Crippen molar-refractivity contribution in [3.8, 4) is 0 Å². The van der Waals surface area contributed by atoms with Crippen LogP contribution in [0.4, 0.5) is 0 Å². The number of hydrogen-bond donors (Lipinski definition) is 0. The Hall–Kier alpha value is -2.08. The number of hydrogen-bond acceptors (Lipinski definition) is 0. The van der Waals surface area contributed by atoms with Crippen LogP contribution >= 0.6 is 0 Å². The Balaban J connectivity index is 0.000000191. The molecule has 2 aromatic carbocycles. The molecule has 0 N–H and O–H groups in total. The van der Waals surface area contributed by atoms with Crippen LogP contribution in [0.5, 0.6) is 0 Å². The van der Waals surface area contributed by atoms with Gasteiger partial charge in [0.05, 0.1) is 0 Å². The third-order valence-electron chi connectivity index (χ3n) is 5.76. The fourth-order valence-electron chi connectivity index (χ4n) is 4.09. The molecule has 28 heavy (non-hydrogen) atoms. The van der Waals surface area contributed by atoms with E-state index in [1.807, 2.05) is 13.8 Å². The number of aryl methyl sites for hydroxylation is 1. The van der Waals surface area contributed by atoms with Gasteiger partial charge in [0.15, 0.2) is 0 Å². The lowest BCUT2D eigenvalue weighted by Gasteiger charge is -2.21. The van der Waals surface area contributed by atoms with Crippen LogP contribution in [0.2, 0.25) is 0 Å². The summed E-state index contributed by atoms with van der Waals surface area (Å²) in [5.41, 5.74) is 6.02. The van der Waals surface area contributed by atoms with Crippen molar-refractivity contribution in [3.05, 3.63) is 95.1 Å². The van der Waals surface area contributed by atoms with Crippen LogP contribution in [-0.2, 0) is 6.42 Å². The molecule has 0 aromatic heterocycles. The van der Waals surface area contributed by atoms with Crippen molar-refractivity contribution in [2.24, 2.45) is 5.92 Å². The monoisotopic (exact) mass is 374 g/mol. The summed E-state index contributed by atoms with van der Waals surface area (Å²) < 4.78 is 0. The zero-order valence-corrected chi connectivity index (χ0v) is 18.5. The topological polar surface area (TPSA) is 0 Å². The molecule has 0 spiro atoms. The standard InChI is InChI=1S/C15H18.C11H14.C2H6/c1-12-7-6-10-15(11-12)13(2)14-8-4-3-5-9-14;1-9-5-4-7-10-6-2-3-8-11(9)10;1-2/h3-6,8-13H,7H2,1-2H3;2-3,6,8-9H,4-5,7H2,1H3;1-2H3. The maximum Gasteiger partial charge on any atom is 0.00578 e. The Labute approximate surface area is 173 Å². The zero-order valence-electron chi connectivity index (χ0n) is 18.5. The Morgan fingerprint density at radius 1 is 0.893 bits per heavy atom. The summed E-state index contributed by atoms with van der Waals surface area (Å²) in [6, 6.07) is 19.6. The summed E-state index contributed by atoms with van der Waals surface area (Å²) in [5.74, 6) is 2.00. The van der Waals surface area contributed by atoms with Gasteiger partial charge in [-0.1, -0.05) is 107 Å². The van der Waals surface area contributed by atoms with E-state index in [-0.39, 0.29) is 0 Å². The van der Waals surface area contributed by atoms with Gasteiger partial charge in [0.25, 0.3) is 0 Å². The van der Waals surface area contributed by atoms with Crippen LogP contribution in [0, 0.1) is 5.92 Å². The van der Waals surface area contributed by atoms with E-state index in [1.54, 1.807) is 11.1 Å². The molecular formula is C28H38. The first kappa shape index (κ1) is 22.2. The normalized spacial score (nSPS) is 21.1. The van der Waals surface area contributed by atoms with Gasteiger partial charge in [-0.05, 0) is 59.8 Å². The van der Waals surface area contributed by atoms with E-state index in [0.717, 1.165) is 5.92 Å². The van der Waals surface area contributed by atoms with Crippen LogP contribution in [0.3, 0.4) is 0 Å². The SMILES string of the molecule is CC.CC1C=C(C(C)c2ccccc2)C=CC1.CC1CCCc2ccccc21. The number of allylic oxidation sites excluding steroid dienone is 4. The second-order valence-electron chi connectivity index (χ2n) is 7.91. The lowest BCUT2D eigenvalue weighted by atomic mass is 9.84. The summed E-state index contributed by atoms with van der Waals surface area (Å²) in [6.45, 7) is 10.9. The van der Waals surface area contributed by atoms with Gasteiger partial charge >= 0.3 is 0 Å². The van der Waals surface area contributed by atoms with Gasteiger partial charge in [0.1, 0.15) is 0 Å². The first-order valence-corrected chi connectivity index (χ1v) is 11.2. The van der Waals surface area contributed by atoms with E-state index in [1.165, 1.54) is 36.8 Å². The Bertz CT molecular complexity index is 751. The molecule has 3 unspecified atom stereocenters. The molecule has 2 aliphatic rings. The molecule has 0 heterocycles. The van der Waals surface area contributed by atoms with Gasteiger partial charge in [-0.3, -0.25) is 0 Å². The highest BCUT2D eigenvalue weighted by molar-refractivity contribution is 5.36. The largest absolute Gasteiger partial charge is 0.0837 e. The van der Waals surface area contributed by atoms with E-state index >= 15 is 0 Å². The third-order valence-corrected chi connectivity index (χ3v) is 5.76. The lowest BCUT2D eigenvalue weighted by Crippen LogP contribution is -2.05. The molecule has 0 nitrogen and oxygen atoms in total. The molecule has 0 bridgehead atoms. The second kappa shape index (κ2) is 11.7. The lowest BCUT2D eigenvalue weighted by molar-refractivity contribution is 0.590. The Kier molecular flexibility index (Phi) is 9.28. The number of benzene rings is 2. The van der Waals surface area contributed by atoms with Crippen molar-refractivity contribution < 1.29 is 0 Å². The minimum atomic E-state index is 0.519. The number of rotatable bonds is 2. The molecular weight excluding hydrogens is 336 g/mol. The molecule has 4 rings (SSSR count). The molecule has 150 valence electrons. The number of fused-ring (bicyclic) bond motifs is 1. The quantitative estimate of drug-likeness (QED) is 0.494. The molecule has 2 aromatic rings. The van der Waals surface area contributed by atoms with Gasteiger partial charge < -0.3 is 0 Å². The molecule has 0 saturated carbocycles. The predicted octanol–water partition coefficient (Wildman–Crippen LogP) is 8.47. The van der Waals surface area contributed by atoms with E-state index in [4.69, 9.17) is 0 Å². The van der Waals surface area contributed by atoms with Crippen molar-refractivity contribution in [1.82, 2.24) is 0 Å². The molecule has 0 aliphatic heterocycles. The van der Waals surface area contributed by atoms with E-state index in [9.17, 15) is 0 Å². The van der Waals surface area contributed by atoms with Gasteiger partial charge in [-0.15, -0.1) is 0 Å². The van der Waals surface area contributed by atoms with Crippen molar-refractivity contribution >= 4 is 0 Å². The van der Waals surface area contributed by atoms with Crippen LogP contribution in [0.25, 0.3) is 0 Å². The highest BCUT2D eigenvalue weighted by Crippen LogP contribution is 2.30. The first-order valence-electron chi connectivity index (χ1n) is 11.2. The van der Waals surface area contributed by atoms with Crippen LogP contribution < -0.4 is 0 Å². The summed E-state index contributed by atoms with van der Waals surface area (Å²) in [4.78, 5) is 0. The average molecular weight is 375 g/mol. The fourth-order valence-corrected chi connectivity index (χ4v) is 4.09. The summed E-state index contributed by atoms with van der Waals surface area (Å²) in [5, 5.41) is 0. The van der Waals surface area contributed by atoms with Crippen molar-refractivity contribution in [3.63, 3.8) is 0 Å². The van der Waals surface area contributed by atoms with Gasteiger partial charge in [-0.2, -0.15) is 0 Å². The van der Waals surface area contributed by atoms with Gasteiger partial charge in [0.2, 0.25) is 0 Å². The van der Waals surface area contributed by atoms with Crippen LogP contribution in [0.1, 0.15) is 82.4 Å². The molecule has 0 radical (unpaired) electrons. The summed E-state index contributed by atoms with van der Waals surface area (Å²) in [6.07, 6.45) is 12.2. The van der Waals surface area contributed by atoms with E-state index < -0.39 is 0 Å². The minimum absolute atomic E-state index is 0.519. The van der Waals surface area contributed by atoms with Crippen LogP contribution in [-0.4, -0.2) is 0 Å². The predicted molar refractivity (Wildman–Crippen MR) is 125 cm³/mol. The third kappa shape index (κ3) is 6.23. The Morgan fingerprint density at radius 2 is 1.57 bits per heavy atom. The molecule has 0 saturated heterocycles. The minimum Gasteiger partial charge on any atom is -0.0837 e. The molecule has 0 fully saturated rings. The molecule has 0 heteroatoms. The van der Waals surface area contributed by atoms with Gasteiger partial charge in [0, 0.05) is 5.92 Å². The zero-order chi connectivity index (χ0) is 20.4. The Morgan fingerprint density at radius 3 is 2.25 bits per heavy atom. The highest BCUT2D eigenvalue weighted by atomic mass is 14.2. The highest BCUT2D eigenvalue weighted by Gasteiger charge is 2.14. The smallest absolute Gasteiger partial charge is 0.00578 e. The second-order valence-corrected chi connectivity index (χ2v) is 7.91. The fraction of sp³-hybridized carbons (Fsp3) is 0.429. The molecule has 2 aliphatic carbocycles. The van der Waals surface area contributed by atoms with Crippen molar-refractivity contribution in [2.45, 2.75) is 72.1 Å². The van der Waals surface area contributed by atoms with E-state index in [2.05, 4.69) is 93.6 Å². The van der Waals surface area contributed by atoms with Crippen molar-refractivity contribution in [1.29, 1.82) is 0 Å². The first-order chi connectivity index (χ1) is 13.6. The summed E-state index contributed by atoms with van der Waals surface area (Å²) in [7, 11) is 0. The summed E-state index contributed by atoms with van der Waals surface area (Å²) >= 11 is 0. The van der Waals surface area contributed by atoms with Crippen molar-refractivity contribution in [2.75, 3.05) is 0 Å². The van der Waals surface area contributed by atoms with Gasteiger partial charge in [-0.25, -0.2) is 0 Å². The average Bonchev–Trinajstić information content (AvgIpc) is 2.76. The van der Waals surface area contributed by atoms with Crippen LogP contribution in [0.15, 0.2) is 78.4 Å².